The SMILES string of the molecule is C=CC(=O)N1CC2(CC(n3nc(-c4ccc(Oc5ccccc5)cc4)c(C(=O)NC)c3N)C2)C1. The van der Waals surface area contributed by atoms with E-state index in [2.05, 4.69) is 11.9 Å². The van der Waals surface area contributed by atoms with Crippen molar-refractivity contribution in [3.8, 4) is 22.8 Å². The quantitative estimate of drug-likeness (QED) is 0.550. The topological polar surface area (TPSA) is 102 Å². The maximum absolute atomic E-state index is 12.7. The molecule has 1 saturated heterocycles. The van der Waals surface area contributed by atoms with Gasteiger partial charge in [0.05, 0.1) is 6.04 Å². The number of likely N-dealkylation sites (tertiary alicyclic amines) is 1. The number of nitrogens with two attached hydrogens (primary N) is 1. The smallest absolute Gasteiger partial charge is 0.257 e. The predicted octanol–water partition coefficient (Wildman–Crippen LogP) is 3.63. The van der Waals surface area contributed by atoms with Gasteiger partial charge in [0.1, 0.15) is 28.6 Å². The fourth-order valence-electron chi connectivity index (χ4n) is 5.00. The monoisotopic (exact) mass is 457 g/mol. The van der Waals surface area contributed by atoms with Crippen LogP contribution in [0.4, 0.5) is 5.82 Å². The van der Waals surface area contributed by atoms with Crippen LogP contribution in [0.3, 0.4) is 0 Å². The standard InChI is InChI=1S/C26H27N5O3/c1-3-21(32)30-15-26(16-30)13-18(14-26)31-24(27)22(25(33)28-2)23(29-31)17-9-11-20(12-10-17)34-19-7-5-4-6-8-19/h3-12,18H,1,13-16,27H2,2H3,(H,28,33). The fourth-order valence-corrected chi connectivity index (χ4v) is 5.00. The molecule has 1 aliphatic heterocycles. The van der Waals surface area contributed by atoms with Crippen molar-refractivity contribution in [2.45, 2.75) is 18.9 Å². The van der Waals surface area contributed by atoms with Crippen LogP contribution < -0.4 is 15.8 Å². The van der Waals surface area contributed by atoms with Gasteiger partial charge in [-0.15, -0.1) is 0 Å². The molecule has 8 heteroatoms. The Bertz CT molecular complexity index is 1240. The summed E-state index contributed by atoms with van der Waals surface area (Å²) in [5, 5.41) is 7.45. The lowest BCUT2D eigenvalue weighted by atomic mass is 9.60. The molecule has 5 rings (SSSR count). The molecule has 3 aromatic rings. The molecular weight excluding hydrogens is 430 g/mol. The summed E-state index contributed by atoms with van der Waals surface area (Å²) in [4.78, 5) is 26.3. The van der Waals surface area contributed by atoms with Gasteiger partial charge in [-0.1, -0.05) is 24.8 Å². The van der Waals surface area contributed by atoms with Crippen LogP contribution in [0.1, 0.15) is 29.2 Å². The number of amides is 2. The Hall–Kier alpha value is -4.07. The second kappa shape index (κ2) is 8.37. The van der Waals surface area contributed by atoms with E-state index in [1.54, 1.807) is 16.6 Å². The maximum Gasteiger partial charge on any atom is 0.257 e. The zero-order chi connectivity index (χ0) is 23.9. The lowest BCUT2D eigenvalue weighted by molar-refractivity contribution is -0.148. The van der Waals surface area contributed by atoms with E-state index in [1.165, 1.54) is 6.08 Å². The number of nitrogens with zero attached hydrogens (tertiary/aromatic N) is 3. The predicted molar refractivity (Wildman–Crippen MR) is 129 cm³/mol. The number of nitrogens with one attached hydrogen (secondary N) is 1. The van der Waals surface area contributed by atoms with Crippen LogP contribution in [0, 0.1) is 5.41 Å². The van der Waals surface area contributed by atoms with Crippen molar-refractivity contribution in [3.05, 3.63) is 72.8 Å². The molecule has 0 atom stereocenters. The van der Waals surface area contributed by atoms with Gasteiger partial charge >= 0.3 is 0 Å². The van der Waals surface area contributed by atoms with E-state index >= 15 is 0 Å². The zero-order valence-electron chi connectivity index (χ0n) is 19.0. The summed E-state index contributed by atoms with van der Waals surface area (Å²) in [6, 6.07) is 17.1. The number of aromatic nitrogens is 2. The molecule has 0 radical (unpaired) electrons. The van der Waals surface area contributed by atoms with Gasteiger partial charge in [0.15, 0.2) is 0 Å². The molecule has 2 heterocycles. The van der Waals surface area contributed by atoms with E-state index in [0.29, 0.717) is 22.8 Å². The summed E-state index contributed by atoms with van der Waals surface area (Å²) in [5.74, 6) is 1.49. The van der Waals surface area contributed by atoms with Crippen molar-refractivity contribution in [2.75, 3.05) is 25.9 Å². The first-order valence-electron chi connectivity index (χ1n) is 11.3. The number of rotatable bonds is 6. The van der Waals surface area contributed by atoms with Crippen LogP contribution in [0.25, 0.3) is 11.3 Å². The van der Waals surface area contributed by atoms with E-state index < -0.39 is 0 Å². The molecule has 2 amide bonds. The van der Waals surface area contributed by atoms with Crippen molar-refractivity contribution in [1.29, 1.82) is 0 Å². The molecule has 1 spiro atoms. The summed E-state index contributed by atoms with van der Waals surface area (Å²) < 4.78 is 7.65. The number of para-hydroxylation sites is 1. The highest BCUT2D eigenvalue weighted by Gasteiger charge is 2.54. The number of benzene rings is 2. The van der Waals surface area contributed by atoms with Gasteiger partial charge in [-0.25, -0.2) is 4.68 Å². The molecule has 2 aromatic carbocycles. The van der Waals surface area contributed by atoms with Gasteiger partial charge in [-0.3, -0.25) is 9.59 Å². The molecule has 0 unspecified atom stereocenters. The van der Waals surface area contributed by atoms with Crippen LogP contribution in [-0.4, -0.2) is 46.6 Å². The Morgan fingerprint density at radius 1 is 1.12 bits per heavy atom. The number of hydrogen-bond acceptors (Lipinski definition) is 5. The molecule has 2 aliphatic rings. The molecule has 1 aliphatic carbocycles. The summed E-state index contributed by atoms with van der Waals surface area (Å²) in [6.07, 6.45) is 3.10. The molecule has 2 fully saturated rings. The van der Waals surface area contributed by atoms with Gasteiger partial charge < -0.3 is 20.7 Å². The molecule has 34 heavy (non-hydrogen) atoms. The van der Waals surface area contributed by atoms with Crippen molar-refractivity contribution in [3.63, 3.8) is 0 Å². The molecule has 3 N–H and O–H groups in total. The number of anilines is 1. The Balaban J connectivity index is 1.37. The average molecular weight is 458 g/mol. The maximum atomic E-state index is 12.7. The van der Waals surface area contributed by atoms with Gasteiger partial charge in [-0.05, 0) is 55.3 Å². The number of carbonyl (C=O) groups is 2. The Morgan fingerprint density at radius 2 is 1.76 bits per heavy atom. The van der Waals surface area contributed by atoms with E-state index in [4.69, 9.17) is 15.6 Å². The minimum atomic E-state index is -0.274. The van der Waals surface area contributed by atoms with Crippen LogP contribution in [0.15, 0.2) is 67.3 Å². The van der Waals surface area contributed by atoms with E-state index in [9.17, 15) is 9.59 Å². The highest BCUT2D eigenvalue weighted by molar-refractivity contribution is 6.04. The highest BCUT2D eigenvalue weighted by Crippen LogP contribution is 2.55. The summed E-state index contributed by atoms with van der Waals surface area (Å²) in [6.45, 7) is 5.01. The fraction of sp³-hybridized carbons (Fsp3) is 0.269. The Labute approximate surface area is 198 Å². The third-order valence-corrected chi connectivity index (χ3v) is 6.73. The van der Waals surface area contributed by atoms with Crippen molar-refractivity contribution < 1.29 is 14.3 Å². The normalized spacial score (nSPS) is 16.4. The van der Waals surface area contributed by atoms with Crippen molar-refractivity contribution in [1.82, 2.24) is 20.0 Å². The molecule has 1 saturated carbocycles. The van der Waals surface area contributed by atoms with Crippen LogP contribution >= 0.6 is 0 Å². The van der Waals surface area contributed by atoms with Crippen LogP contribution in [-0.2, 0) is 4.79 Å². The third-order valence-electron chi connectivity index (χ3n) is 6.73. The van der Waals surface area contributed by atoms with Crippen LogP contribution in [0.5, 0.6) is 11.5 Å². The number of nitrogen functional groups attached to an aromatic ring is 1. The highest BCUT2D eigenvalue weighted by atomic mass is 16.5. The number of hydrogen-bond donors (Lipinski definition) is 2. The third kappa shape index (κ3) is 3.71. The van der Waals surface area contributed by atoms with Crippen molar-refractivity contribution >= 4 is 17.6 Å². The van der Waals surface area contributed by atoms with Crippen LogP contribution in [0.2, 0.25) is 0 Å². The summed E-state index contributed by atoms with van der Waals surface area (Å²) in [7, 11) is 1.58. The minimum absolute atomic E-state index is 0.0310. The van der Waals surface area contributed by atoms with E-state index in [1.807, 2.05) is 54.6 Å². The van der Waals surface area contributed by atoms with E-state index in [0.717, 1.165) is 37.2 Å². The first kappa shape index (κ1) is 21.8. The van der Waals surface area contributed by atoms with Crippen molar-refractivity contribution in [2.24, 2.45) is 5.41 Å². The minimum Gasteiger partial charge on any atom is -0.457 e. The lowest BCUT2D eigenvalue weighted by Gasteiger charge is -2.58. The second-order valence-electron chi connectivity index (χ2n) is 9.03. The number of carbonyl (C=O) groups excluding carboxylic acids is 2. The first-order chi connectivity index (χ1) is 16.4. The van der Waals surface area contributed by atoms with Gasteiger partial charge in [0.2, 0.25) is 5.91 Å². The largest absolute Gasteiger partial charge is 0.457 e. The lowest BCUT2D eigenvalue weighted by Crippen LogP contribution is -2.63. The molecule has 0 bridgehead atoms. The Kier molecular flexibility index (Phi) is 5.36. The van der Waals surface area contributed by atoms with Gasteiger partial charge in [-0.2, -0.15) is 5.10 Å². The van der Waals surface area contributed by atoms with Gasteiger partial charge in [0, 0.05) is 31.1 Å². The summed E-state index contributed by atoms with van der Waals surface area (Å²) in [5.41, 5.74) is 8.26. The second-order valence-corrected chi connectivity index (χ2v) is 9.03. The Morgan fingerprint density at radius 3 is 2.38 bits per heavy atom. The molecule has 8 nitrogen and oxygen atoms in total. The first-order valence-corrected chi connectivity index (χ1v) is 11.3. The molecule has 1 aromatic heterocycles. The average Bonchev–Trinajstić information content (AvgIpc) is 3.14. The van der Waals surface area contributed by atoms with E-state index in [-0.39, 0.29) is 23.3 Å². The number of ether oxygens (including phenoxy) is 1. The van der Waals surface area contributed by atoms with Gasteiger partial charge in [0.25, 0.3) is 5.91 Å². The summed E-state index contributed by atoms with van der Waals surface area (Å²) >= 11 is 0. The molecule has 174 valence electrons. The molecular formula is C26H27N5O3. The zero-order valence-corrected chi connectivity index (χ0v) is 19.0.